The molecule has 0 aliphatic rings. The van der Waals surface area contributed by atoms with E-state index in [9.17, 15) is 4.79 Å². The molecule has 0 saturated carbocycles. The van der Waals surface area contributed by atoms with E-state index in [0.717, 1.165) is 11.4 Å². The summed E-state index contributed by atoms with van der Waals surface area (Å²) in [5.41, 5.74) is 1.63. The molecule has 0 saturated heterocycles. The predicted molar refractivity (Wildman–Crippen MR) is 84.9 cm³/mol. The van der Waals surface area contributed by atoms with Gasteiger partial charge >= 0.3 is 0 Å². The number of carbonyl (C=O) groups excluding carboxylic acids is 1. The van der Waals surface area contributed by atoms with Gasteiger partial charge in [-0.3, -0.25) is 9.48 Å². The van der Waals surface area contributed by atoms with Crippen molar-refractivity contribution in [2.45, 2.75) is 13.0 Å². The van der Waals surface area contributed by atoms with Crippen LogP contribution in [-0.4, -0.2) is 20.3 Å². The Morgan fingerprint density at radius 3 is 2.50 bits per heavy atom. The molecule has 22 heavy (non-hydrogen) atoms. The van der Waals surface area contributed by atoms with Crippen LogP contribution in [0.2, 0.25) is 0 Å². The number of aryl methyl sites for hydroxylation is 1. The van der Waals surface area contributed by atoms with Gasteiger partial charge in [0.1, 0.15) is 11.4 Å². The number of nitrogens with one attached hydrogen (secondary N) is 1. The van der Waals surface area contributed by atoms with Crippen LogP contribution >= 0.6 is 0 Å². The molecule has 5 heteroatoms. The summed E-state index contributed by atoms with van der Waals surface area (Å²) in [4.78, 5) is 12.6. The van der Waals surface area contributed by atoms with Crippen molar-refractivity contribution in [3.63, 3.8) is 0 Å². The van der Waals surface area contributed by atoms with Gasteiger partial charge in [0.25, 0.3) is 5.91 Å². The zero-order chi connectivity index (χ0) is 15.5. The minimum Gasteiger partial charge on any atom is -0.345 e. The lowest BCUT2D eigenvalue weighted by Gasteiger charge is -2.14. The Morgan fingerprint density at radius 1 is 1.14 bits per heavy atom. The van der Waals surface area contributed by atoms with Crippen LogP contribution in [0.15, 0.2) is 61.1 Å². The van der Waals surface area contributed by atoms with Crippen molar-refractivity contribution in [3.05, 3.63) is 72.2 Å². The predicted octanol–water partition coefficient (Wildman–Crippen LogP) is 2.70. The molecular weight excluding hydrogens is 276 g/mol. The molecule has 3 aromatic rings. The Balaban J connectivity index is 1.85. The average Bonchev–Trinajstić information content (AvgIpc) is 3.17. The molecule has 0 radical (unpaired) electrons. The summed E-state index contributed by atoms with van der Waals surface area (Å²) in [6, 6.07) is 13.7. The molecule has 112 valence electrons. The van der Waals surface area contributed by atoms with Crippen molar-refractivity contribution in [3.8, 4) is 5.82 Å². The van der Waals surface area contributed by atoms with Crippen molar-refractivity contribution in [2.24, 2.45) is 7.05 Å². The third-order valence-electron chi connectivity index (χ3n) is 3.65. The minimum absolute atomic E-state index is 0.0635. The molecule has 0 spiro atoms. The van der Waals surface area contributed by atoms with Gasteiger partial charge in [-0.05, 0) is 24.6 Å². The van der Waals surface area contributed by atoms with Crippen LogP contribution in [0.3, 0.4) is 0 Å². The smallest absolute Gasteiger partial charge is 0.257 e. The van der Waals surface area contributed by atoms with Crippen LogP contribution in [0.5, 0.6) is 0 Å². The fourth-order valence-electron chi connectivity index (χ4n) is 2.47. The highest BCUT2D eigenvalue weighted by atomic mass is 16.1. The van der Waals surface area contributed by atoms with Gasteiger partial charge < -0.3 is 9.88 Å². The fraction of sp³-hybridized carbons (Fsp3) is 0.176. The Kier molecular flexibility index (Phi) is 3.78. The third kappa shape index (κ3) is 2.65. The van der Waals surface area contributed by atoms with Crippen LogP contribution in [-0.2, 0) is 7.05 Å². The van der Waals surface area contributed by atoms with Crippen LogP contribution in [0.1, 0.15) is 28.9 Å². The van der Waals surface area contributed by atoms with Gasteiger partial charge in [-0.15, -0.1) is 0 Å². The monoisotopic (exact) mass is 294 g/mol. The lowest BCUT2D eigenvalue weighted by atomic mass is 10.1. The van der Waals surface area contributed by atoms with Gasteiger partial charge in [0.15, 0.2) is 0 Å². The van der Waals surface area contributed by atoms with E-state index in [1.165, 1.54) is 0 Å². The molecule has 1 aromatic carbocycles. The molecule has 2 heterocycles. The Bertz CT molecular complexity index is 759. The van der Waals surface area contributed by atoms with Crippen molar-refractivity contribution >= 4 is 5.91 Å². The zero-order valence-electron chi connectivity index (χ0n) is 12.6. The summed E-state index contributed by atoms with van der Waals surface area (Å²) < 4.78 is 3.58. The Morgan fingerprint density at radius 2 is 1.82 bits per heavy atom. The largest absolute Gasteiger partial charge is 0.345 e. The number of amides is 1. The standard InChI is InChI=1S/C17H18N4O/c1-13(14-8-4-3-5-9-14)19-16(22)15-12-18-20(2)17(15)21-10-6-7-11-21/h3-13H,1-2H3,(H,19,22)/t13-/m0/s1. The van der Waals surface area contributed by atoms with E-state index in [1.807, 2.05) is 73.4 Å². The molecule has 5 nitrogen and oxygen atoms in total. The number of aromatic nitrogens is 3. The molecular formula is C17H18N4O. The molecule has 2 aromatic heterocycles. The zero-order valence-corrected chi connectivity index (χ0v) is 12.6. The van der Waals surface area contributed by atoms with Crippen LogP contribution < -0.4 is 5.32 Å². The van der Waals surface area contributed by atoms with Crippen LogP contribution in [0, 0.1) is 0 Å². The molecule has 1 amide bonds. The van der Waals surface area contributed by atoms with Crippen molar-refractivity contribution in [1.82, 2.24) is 19.7 Å². The first-order valence-electron chi connectivity index (χ1n) is 7.18. The average molecular weight is 294 g/mol. The summed E-state index contributed by atoms with van der Waals surface area (Å²) in [6.07, 6.45) is 5.39. The maximum Gasteiger partial charge on any atom is 0.257 e. The van der Waals surface area contributed by atoms with E-state index in [-0.39, 0.29) is 11.9 Å². The van der Waals surface area contributed by atoms with Gasteiger partial charge in [0, 0.05) is 19.4 Å². The second kappa shape index (κ2) is 5.89. The van der Waals surface area contributed by atoms with E-state index >= 15 is 0 Å². The first-order chi connectivity index (χ1) is 10.7. The first-order valence-corrected chi connectivity index (χ1v) is 7.18. The summed E-state index contributed by atoms with van der Waals surface area (Å²) in [6.45, 7) is 1.97. The topological polar surface area (TPSA) is 51.9 Å². The lowest BCUT2D eigenvalue weighted by molar-refractivity contribution is 0.0940. The number of hydrogen-bond donors (Lipinski definition) is 1. The molecule has 0 bridgehead atoms. The normalized spacial score (nSPS) is 12.1. The fourth-order valence-corrected chi connectivity index (χ4v) is 2.47. The maximum absolute atomic E-state index is 12.6. The molecule has 0 aliphatic carbocycles. The van der Waals surface area contributed by atoms with Crippen LogP contribution in [0.25, 0.3) is 5.82 Å². The van der Waals surface area contributed by atoms with Crippen molar-refractivity contribution in [1.29, 1.82) is 0 Å². The second-order valence-corrected chi connectivity index (χ2v) is 5.20. The maximum atomic E-state index is 12.6. The number of benzene rings is 1. The van der Waals surface area contributed by atoms with Gasteiger partial charge in [-0.1, -0.05) is 30.3 Å². The third-order valence-corrected chi connectivity index (χ3v) is 3.65. The van der Waals surface area contributed by atoms with E-state index < -0.39 is 0 Å². The summed E-state index contributed by atoms with van der Waals surface area (Å²) >= 11 is 0. The molecule has 0 unspecified atom stereocenters. The van der Waals surface area contributed by atoms with Gasteiger partial charge in [-0.25, -0.2) is 0 Å². The highest BCUT2D eigenvalue weighted by Gasteiger charge is 2.19. The van der Waals surface area contributed by atoms with E-state index in [0.29, 0.717) is 5.56 Å². The first kappa shape index (κ1) is 14.1. The SMILES string of the molecule is C[C@H](NC(=O)c1cnn(C)c1-n1cccc1)c1ccccc1. The van der Waals surface area contributed by atoms with Gasteiger partial charge in [0.05, 0.1) is 12.2 Å². The number of nitrogens with zero attached hydrogens (tertiary/aromatic N) is 3. The highest BCUT2D eigenvalue weighted by molar-refractivity contribution is 5.97. The van der Waals surface area contributed by atoms with Crippen molar-refractivity contribution in [2.75, 3.05) is 0 Å². The molecule has 1 N–H and O–H groups in total. The lowest BCUT2D eigenvalue weighted by Crippen LogP contribution is -2.27. The van der Waals surface area contributed by atoms with E-state index in [4.69, 9.17) is 0 Å². The number of rotatable bonds is 4. The summed E-state index contributed by atoms with van der Waals surface area (Å²) in [5.74, 6) is 0.621. The Labute approximate surface area is 129 Å². The highest BCUT2D eigenvalue weighted by Crippen LogP contribution is 2.17. The number of hydrogen-bond acceptors (Lipinski definition) is 2. The summed E-state index contributed by atoms with van der Waals surface area (Å²) in [5, 5.41) is 7.23. The van der Waals surface area contributed by atoms with Gasteiger partial charge in [-0.2, -0.15) is 5.10 Å². The number of carbonyl (C=O) groups is 1. The quantitative estimate of drug-likeness (QED) is 0.804. The molecule has 0 aliphatic heterocycles. The van der Waals surface area contributed by atoms with Crippen LogP contribution in [0.4, 0.5) is 0 Å². The van der Waals surface area contributed by atoms with E-state index in [2.05, 4.69) is 10.4 Å². The summed E-state index contributed by atoms with van der Waals surface area (Å²) in [7, 11) is 1.83. The Hall–Kier alpha value is -2.82. The molecule has 1 atom stereocenters. The minimum atomic E-state index is -0.131. The molecule has 3 rings (SSSR count). The van der Waals surface area contributed by atoms with Crippen molar-refractivity contribution < 1.29 is 4.79 Å². The second-order valence-electron chi connectivity index (χ2n) is 5.20. The van der Waals surface area contributed by atoms with E-state index in [1.54, 1.807) is 10.9 Å². The van der Waals surface area contributed by atoms with Gasteiger partial charge in [0.2, 0.25) is 0 Å². The molecule has 0 fully saturated rings.